The molecule has 0 unspecified atom stereocenters. The van der Waals surface area contributed by atoms with Crippen molar-refractivity contribution in [3.63, 3.8) is 0 Å². The molecule has 5 rings (SSSR count). The minimum atomic E-state index is -0.631. The number of anilines is 3. The highest BCUT2D eigenvalue weighted by molar-refractivity contribution is 6.02. The van der Waals surface area contributed by atoms with Crippen molar-refractivity contribution in [2.24, 2.45) is 0 Å². The Morgan fingerprint density at radius 3 is 2.84 bits per heavy atom. The third-order valence-electron chi connectivity index (χ3n) is 5.27. The Kier molecular flexibility index (Phi) is 4.54. The second-order valence-electron chi connectivity index (χ2n) is 7.45. The normalized spacial score (nSPS) is 13.5. The van der Waals surface area contributed by atoms with Gasteiger partial charge in [-0.05, 0) is 37.0 Å². The average molecular weight is 421 g/mol. The summed E-state index contributed by atoms with van der Waals surface area (Å²) in [5.74, 6) is -0.0446. The van der Waals surface area contributed by atoms with Gasteiger partial charge in [0.05, 0.1) is 16.8 Å². The maximum atomic E-state index is 14.8. The Labute approximate surface area is 176 Å². The quantitative estimate of drug-likeness (QED) is 0.440. The Morgan fingerprint density at radius 2 is 2.13 bits per heavy atom. The van der Waals surface area contributed by atoms with Crippen LogP contribution in [-0.2, 0) is 6.42 Å². The number of hydrogen-bond donors (Lipinski definition) is 3. The molecule has 4 N–H and O–H groups in total. The van der Waals surface area contributed by atoms with Crippen LogP contribution in [-0.4, -0.2) is 25.7 Å². The van der Waals surface area contributed by atoms with Crippen molar-refractivity contribution in [2.45, 2.75) is 32.2 Å². The molecule has 1 aromatic carbocycles. The third-order valence-corrected chi connectivity index (χ3v) is 5.27. The van der Waals surface area contributed by atoms with Crippen molar-refractivity contribution >= 4 is 34.5 Å². The second-order valence-corrected chi connectivity index (χ2v) is 7.45. The number of hydrogen-bond acceptors (Lipinski definition) is 6. The highest BCUT2D eigenvalue weighted by Gasteiger charge is 2.27. The fraction of sp³-hybridized carbons (Fsp3) is 0.238. The summed E-state index contributed by atoms with van der Waals surface area (Å²) in [5.41, 5.74) is 8.97. The van der Waals surface area contributed by atoms with Crippen LogP contribution in [0.5, 0.6) is 0 Å². The van der Waals surface area contributed by atoms with Crippen molar-refractivity contribution in [1.29, 1.82) is 0 Å². The van der Waals surface area contributed by atoms with Crippen molar-refractivity contribution in [3.05, 3.63) is 48.3 Å². The van der Waals surface area contributed by atoms with Crippen LogP contribution in [0.4, 0.5) is 26.6 Å². The number of benzene rings is 1. The summed E-state index contributed by atoms with van der Waals surface area (Å²) in [7, 11) is 0. The number of amides is 2. The van der Waals surface area contributed by atoms with Crippen molar-refractivity contribution in [2.75, 3.05) is 16.4 Å². The van der Waals surface area contributed by atoms with Gasteiger partial charge in [0.25, 0.3) is 0 Å². The molecule has 4 aromatic rings. The number of carbonyl (C=O) groups is 1. The Hall–Kier alpha value is -3.95. The van der Waals surface area contributed by atoms with E-state index in [9.17, 15) is 9.18 Å². The second kappa shape index (κ2) is 7.38. The van der Waals surface area contributed by atoms with Crippen LogP contribution in [0.15, 0.2) is 41.3 Å². The minimum absolute atomic E-state index is 0.0339. The number of halogens is 1. The van der Waals surface area contributed by atoms with E-state index >= 15 is 0 Å². The Balaban J connectivity index is 1.41. The molecule has 158 valence electrons. The van der Waals surface area contributed by atoms with E-state index in [0.717, 1.165) is 24.1 Å². The number of nitrogens with two attached hydrogens (primary N) is 1. The lowest BCUT2D eigenvalue weighted by Crippen LogP contribution is -2.19. The predicted octanol–water partition coefficient (Wildman–Crippen LogP) is 4.35. The summed E-state index contributed by atoms with van der Waals surface area (Å²) in [4.78, 5) is 20.6. The number of carbonyl (C=O) groups excluding carboxylic acids is 1. The zero-order valence-electron chi connectivity index (χ0n) is 16.7. The number of rotatable bonds is 5. The molecule has 2 amide bonds. The Bertz CT molecular complexity index is 1290. The first-order valence-electron chi connectivity index (χ1n) is 9.98. The van der Waals surface area contributed by atoms with Gasteiger partial charge in [0.15, 0.2) is 0 Å². The van der Waals surface area contributed by atoms with Gasteiger partial charge in [0.2, 0.25) is 5.88 Å². The molecule has 0 bridgehead atoms. The van der Waals surface area contributed by atoms with Gasteiger partial charge >= 0.3 is 6.03 Å². The van der Waals surface area contributed by atoms with Crippen LogP contribution in [0.2, 0.25) is 0 Å². The van der Waals surface area contributed by atoms with Crippen molar-refractivity contribution in [3.8, 4) is 11.1 Å². The lowest BCUT2D eigenvalue weighted by molar-refractivity contribution is 0.261. The number of aryl methyl sites for hydroxylation is 1. The van der Waals surface area contributed by atoms with Gasteiger partial charge in [0, 0.05) is 23.9 Å². The van der Waals surface area contributed by atoms with Gasteiger partial charge < -0.3 is 20.1 Å². The molecule has 0 spiro atoms. The molecule has 3 heterocycles. The lowest BCUT2D eigenvalue weighted by Gasteiger charge is -2.08. The van der Waals surface area contributed by atoms with Crippen LogP contribution in [0.3, 0.4) is 0 Å². The fourth-order valence-electron chi connectivity index (χ4n) is 3.55. The summed E-state index contributed by atoms with van der Waals surface area (Å²) < 4.78 is 21.9. The molecule has 9 nitrogen and oxygen atoms in total. The molecule has 0 radical (unpaired) electrons. The molecule has 1 aliphatic rings. The third kappa shape index (κ3) is 3.56. The summed E-state index contributed by atoms with van der Waals surface area (Å²) >= 11 is 0. The molecule has 3 aromatic heterocycles. The maximum absolute atomic E-state index is 14.8. The number of aromatic nitrogens is 4. The molecule has 10 heteroatoms. The predicted molar refractivity (Wildman–Crippen MR) is 114 cm³/mol. The van der Waals surface area contributed by atoms with Gasteiger partial charge in [0.1, 0.15) is 23.6 Å². The van der Waals surface area contributed by atoms with Crippen LogP contribution in [0.1, 0.15) is 31.5 Å². The molecule has 1 saturated carbocycles. The maximum Gasteiger partial charge on any atom is 0.326 e. The van der Waals surface area contributed by atoms with E-state index in [4.69, 9.17) is 10.3 Å². The zero-order chi connectivity index (χ0) is 21.5. The highest BCUT2D eigenvalue weighted by atomic mass is 19.1. The largest absolute Gasteiger partial charge is 0.383 e. The molecule has 1 fully saturated rings. The molecule has 1 aliphatic carbocycles. The van der Waals surface area contributed by atoms with Gasteiger partial charge in [-0.1, -0.05) is 18.1 Å². The summed E-state index contributed by atoms with van der Waals surface area (Å²) in [6, 6.07) is 5.94. The van der Waals surface area contributed by atoms with E-state index in [0.29, 0.717) is 34.9 Å². The summed E-state index contributed by atoms with van der Waals surface area (Å²) in [6.45, 7) is 1.92. The molecule has 31 heavy (non-hydrogen) atoms. The van der Waals surface area contributed by atoms with Gasteiger partial charge in [-0.3, -0.25) is 5.32 Å². The highest BCUT2D eigenvalue weighted by Crippen LogP contribution is 2.42. The molecule has 0 aliphatic heterocycles. The first-order valence-corrected chi connectivity index (χ1v) is 9.98. The van der Waals surface area contributed by atoms with E-state index in [1.54, 1.807) is 12.1 Å². The van der Waals surface area contributed by atoms with E-state index in [-0.39, 0.29) is 11.6 Å². The Morgan fingerprint density at radius 1 is 1.29 bits per heavy atom. The number of nitrogens with zero attached hydrogens (tertiary/aromatic N) is 4. The number of nitrogens with one attached hydrogen (secondary N) is 2. The standard InChI is InChI=1S/C21H20FN7O2/c1-2-12-8-17(31-28-12)27-21(30)26-16-6-3-11(7-15(16)22)14-9-29(13-4-5-13)20-18(14)19(23)24-10-25-20/h3,6-10,13H,2,4-5H2,1H3,(H2,23,24,25)(H2,26,27,30). The fourth-order valence-corrected chi connectivity index (χ4v) is 3.55. The topological polar surface area (TPSA) is 124 Å². The van der Waals surface area contributed by atoms with Crippen LogP contribution in [0.25, 0.3) is 22.2 Å². The summed E-state index contributed by atoms with van der Waals surface area (Å²) in [5, 5.41) is 9.46. The molecular weight excluding hydrogens is 401 g/mol. The molecule has 0 atom stereocenters. The summed E-state index contributed by atoms with van der Waals surface area (Å²) in [6.07, 6.45) is 6.20. The number of fused-ring (bicyclic) bond motifs is 1. The number of urea groups is 1. The lowest BCUT2D eigenvalue weighted by atomic mass is 10.1. The van der Waals surface area contributed by atoms with E-state index in [1.165, 1.54) is 18.5 Å². The van der Waals surface area contributed by atoms with E-state index in [1.807, 2.05) is 13.1 Å². The zero-order valence-corrected chi connectivity index (χ0v) is 16.7. The SMILES string of the molecule is CCc1cc(NC(=O)Nc2ccc(-c3cn(C4CC4)c4ncnc(N)c34)cc2F)on1. The minimum Gasteiger partial charge on any atom is -0.383 e. The van der Waals surface area contributed by atoms with E-state index < -0.39 is 11.8 Å². The van der Waals surface area contributed by atoms with Crippen LogP contribution >= 0.6 is 0 Å². The number of nitrogen functional groups attached to an aromatic ring is 1. The smallest absolute Gasteiger partial charge is 0.326 e. The van der Waals surface area contributed by atoms with Gasteiger partial charge in [-0.15, -0.1) is 0 Å². The first-order chi connectivity index (χ1) is 15.0. The molecular formula is C21H20FN7O2. The van der Waals surface area contributed by atoms with Gasteiger partial charge in [-0.25, -0.2) is 19.2 Å². The first kappa shape index (κ1) is 19.0. The van der Waals surface area contributed by atoms with Crippen molar-refractivity contribution in [1.82, 2.24) is 19.7 Å². The van der Waals surface area contributed by atoms with Crippen LogP contribution in [0, 0.1) is 5.82 Å². The van der Waals surface area contributed by atoms with Crippen molar-refractivity contribution < 1.29 is 13.7 Å². The van der Waals surface area contributed by atoms with Crippen LogP contribution < -0.4 is 16.4 Å². The van der Waals surface area contributed by atoms with Gasteiger partial charge in [-0.2, -0.15) is 0 Å². The van der Waals surface area contributed by atoms with E-state index in [2.05, 4.69) is 30.3 Å². The molecule has 0 saturated heterocycles. The monoisotopic (exact) mass is 421 g/mol. The average Bonchev–Trinajstić information content (AvgIpc) is 3.37.